The molecule has 1 atom stereocenters. The predicted octanol–water partition coefficient (Wildman–Crippen LogP) is 0.698. The molecule has 1 aromatic carbocycles. The van der Waals surface area contributed by atoms with Crippen molar-refractivity contribution in [3.63, 3.8) is 0 Å². The van der Waals surface area contributed by atoms with Gasteiger partial charge in [0.1, 0.15) is 5.75 Å². The molecule has 1 N–H and O–H groups in total. The number of nitrogens with zero attached hydrogens (tertiary/aromatic N) is 1. The summed E-state index contributed by atoms with van der Waals surface area (Å²) < 4.78 is 31.0. The van der Waals surface area contributed by atoms with Crippen LogP contribution in [0.3, 0.4) is 0 Å². The number of aliphatic hydroxyl groups excluding tert-OH is 1. The number of methoxy groups -OCH3 is 1. The maximum atomic E-state index is 12.3. The molecule has 0 saturated carbocycles. The van der Waals surface area contributed by atoms with Gasteiger partial charge in [0, 0.05) is 19.7 Å². The summed E-state index contributed by atoms with van der Waals surface area (Å²) in [6, 6.07) is 6.35. The number of aliphatic hydroxyl groups is 1. The molecule has 5 nitrogen and oxygen atoms in total. The zero-order valence-electron chi connectivity index (χ0n) is 10.2. The molecule has 0 aromatic heterocycles. The molecular formula is C12H17NO4S. The lowest BCUT2D eigenvalue weighted by molar-refractivity contribution is 0.233. The molecule has 18 heavy (non-hydrogen) atoms. The third-order valence-corrected chi connectivity index (χ3v) is 5.08. The lowest BCUT2D eigenvalue weighted by Crippen LogP contribution is -2.29. The molecule has 1 heterocycles. The van der Waals surface area contributed by atoms with Crippen LogP contribution in [0.4, 0.5) is 0 Å². The van der Waals surface area contributed by atoms with E-state index in [1.807, 2.05) is 0 Å². The lowest BCUT2D eigenvalue weighted by atomic mass is 10.1. The molecule has 0 radical (unpaired) electrons. The van der Waals surface area contributed by atoms with Crippen molar-refractivity contribution in [3.8, 4) is 5.75 Å². The Labute approximate surface area is 107 Å². The van der Waals surface area contributed by atoms with Gasteiger partial charge in [0.25, 0.3) is 0 Å². The average molecular weight is 271 g/mol. The summed E-state index contributed by atoms with van der Waals surface area (Å²) in [5.41, 5.74) is 0. The Balaban J connectivity index is 2.20. The van der Waals surface area contributed by atoms with Crippen molar-refractivity contribution in [1.82, 2.24) is 4.31 Å². The van der Waals surface area contributed by atoms with Crippen LogP contribution < -0.4 is 4.74 Å². The largest absolute Gasteiger partial charge is 0.497 e. The van der Waals surface area contributed by atoms with Crippen molar-refractivity contribution in [2.24, 2.45) is 5.92 Å². The Morgan fingerprint density at radius 1 is 1.39 bits per heavy atom. The van der Waals surface area contributed by atoms with Crippen LogP contribution in [0.15, 0.2) is 29.2 Å². The summed E-state index contributed by atoms with van der Waals surface area (Å²) in [4.78, 5) is 0.266. The van der Waals surface area contributed by atoms with Crippen molar-refractivity contribution < 1.29 is 18.3 Å². The molecule has 0 amide bonds. The van der Waals surface area contributed by atoms with Gasteiger partial charge in [-0.15, -0.1) is 0 Å². The molecule has 6 heteroatoms. The van der Waals surface area contributed by atoms with Crippen LogP contribution in [0, 0.1) is 5.92 Å². The summed E-state index contributed by atoms with van der Waals surface area (Å²) in [5, 5.41) is 9.05. The van der Waals surface area contributed by atoms with Crippen LogP contribution in [-0.2, 0) is 10.0 Å². The van der Waals surface area contributed by atoms with E-state index in [-0.39, 0.29) is 17.4 Å². The number of hydrogen-bond acceptors (Lipinski definition) is 4. The van der Waals surface area contributed by atoms with E-state index in [4.69, 9.17) is 9.84 Å². The lowest BCUT2D eigenvalue weighted by Gasteiger charge is -2.16. The molecule has 1 saturated heterocycles. The van der Waals surface area contributed by atoms with Crippen molar-refractivity contribution in [2.75, 3.05) is 26.8 Å². The molecule has 100 valence electrons. The zero-order chi connectivity index (χ0) is 13.2. The van der Waals surface area contributed by atoms with Crippen LogP contribution in [0.2, 0.25) is 0 Å². The van der Waals surface area contributed by atoms with Crippen LogP contribution in [-0.4, -0.2) is 44.6 Å². The minimum Gasteiger partial charge on any atom is -0.497 e. The molecule has 1 aromatic rings. The Bertz CT molecular complexity index is 497. The molecule has 0 aliphatic carbocycles. The molecule has 1 aliphatic rings. The van der Waals surface area contributed by atoms with E-state index in [1.54, 1.807) is 24.3 Å². The summed E-state index contributed by atoms with van der Waals surface area (Å²) >= 11 is 0. The number of benzene rings is 1. The van der Waals surface area contributed by atoms with Gasteiger partial charge in [0.05, 0.1) is 12.0 Å². The highest BCUT2D eigenvalue weighted by Gasteiger charge is 2.31. The number of hydrogen-bond donors (Lipinski definition) is 1. The van der Waals surface area contributed by atoms with Crippen molar-refractivity contribution in [2.45, 2.75) is 11.3 Å². The van der Waals surface area contributed by atoms with Crippen LogP contribution in [0.5, 0.6) is 5.75 Å². The molecule has 2 rings (SSSR count). The predicted molar refractivity (Wildman–Crippen MR) is 66.9 cm³/mol. The molecule has 0 unspecified atom stereocenters. The molecule has 1 aliphatic heterocycles. The van der Waals surface area contributed by atoms with E-state index in [0.717, 1.165) is 0 Å². The molecule has 0 bridgehead atoms. The second-order valence-corrected chi connectivity index (χ2v) is 6.31. The third kappa shape index (κ3) is 2.50. The van der Waals surface area contributed by atoms with Crippen molar-refractivity contribution in [1.29, 1.82) is 0 Å². The normalized spacial score (nSPS) is 21.1. The first-order chi connectivity index (χ1) is 8.57. The Hall–Kier alpha value is -1.11. The zero-order valence-corrected chi connectivity index (χ0v) is 11.1. The van der Waals surface area contributed by atoms with Crippen LogP contribution in [0.1, 0.15) is 6.42 Å². The minimum atomic E-state index is -3.44. The minimum absolute atomic E-state index is 0.0363. The number of rotatable bonds is 4. The highest BCUT2D eigenvalue weighted by molar-refractivity contribution is 7.89. The van der Waals surface area contributed by atoms with Gasteiger partial charge >= 0.3 is 0 Å². The van der Waals surface area contributed by atoms with Crippen molar-refractivity contribution >= 4 is 10.0 Å². The fourth-order valence-corrected chi connectivity index (χ4v) is 3.59. The highest BCUT2D eigenvalue weighted by Crippen LogP contribution is 2.25. The maximum absolute atomic E-state index is 12.3. The third-order valence-electron chi connectivity index (χ3n) is 3.20. The van der Waals surface area contributed by atoms with Gasteiger partial charge in [-0.1, -0.05) is 0 Å². The number of ether oxygens (including phenoxy) is 1. The Morgan fingerprint density at radius 3 is 2.56 bits per heavy atom. The van der Waals surface area contributed by atoms with Gasteiger partial charge in [-0.05, 0) is 36.6 Å². The highest BCUT2D eigenvalue weighted by atomic mass is 32.2. The Kier molecular flexibility index (Phi) is 3.89. The van der Waals surface area contributed by atoms with E-state index < -0.39 is 10.0 Å². The molecule has 1 fully saturated rings. The molecule has 0 spiro atoms. The monoisotopic (exact) mass is 271 g/mol. The maximum Gasteiger partial charge on any atom is 0.243 e. The summed E-state index contributed by atoms with van der Waals surface area (Å²) in [6.45, 7) is 0.902. The first kappa shape index (κ1) is 13.3. The standard InChI is InChI=1S/C12H17NO4S/c1-17-11-2-4-12(5-3-11)18(15,16)13-7-6-10(8-13)9-14/h2-5,10,14H,6-9H2,1H3/t10-/m0/s1. The van der Waals surface area contributed by atoms with E-state index in [0.29, 0.717) is 25.3 Å². The van der Waals surface area contributed by atoms with Gasteiger partial charge in [0.2, 0.25) is 10.0 Å². The summed E-state index contributed by atoms with van der Waals surface area (Å²) in [6.07, 6.45) is 0.714. The summed E-state index contributed by atoms with van der Waals surface area (Å²) in [7, 11) is -1.90. The fourth-order valence-electron chi connectivity index (χ4n) is 2.06. The van der Waals surface area contributed by atoms with Crippen LogP contribution in [0.25, 0.3) is 0 Å². The molecular weight excluding hydrogens is 254 g/mol. The van der Waals surface area contributed by atoms with Gasteiger partial charge < -0.3 is 9.84 Å². The first-order valence-corrected chi connectivity index (χ1v) is 7.27. The SMILES string of the molecule is COc1ccc(S(=O)(=O)N2CC[C@H](CO)C2)cc1. The van der Waals surface area contributed by atoms with E-state index >= 15 is 0 Å². The second-order valence-electron chi connectivity index (χ2n) is 4.38. The van der Waals surface area contributed by atoms with E-state index in [2.05, 4.69) is 0 Å². The van der Waals surface area contributed by atoms with Gasteiger partial charge in [0.15, 0.2) is 0 Å². The van der Waals surface area contributed by atoms with Gasteiger partial charge in [-0.25, -0.2) is 8.42 Å². The smallest absolute Gasteiger partial charge is 0.243 e. The van der Waals surface area contributed by atoms with Gasteiger partial charge in [-0.2, -0.15) is 4.31 Å². The second kappa shape index (κ2) is 5.26. The number of sulfonamides is 1. The van der Waals surface area contributed by atoms with Crippen LogP contribution >= 0.6 is 0 Å². The van der Waals surface area contributed by atoms with E-state index in [9.17, 15) is 8.42 Å². The van der Waals surface area contributed by atoms with E-state index in [1.165, 1.54) is 11.4 Å². The summed E-state index contributed by atoms with van der Waals surface area (Å²) in [5.74, 6) is 0.682. The average Bonchev–Trinajstić information content (AvgIpc) is 2.88. The van der Waals surface area contributed by atoms with Gasteiger partial charge in [-0.3, -0.25) is 0 Å². The Morgan fingerprint density at radius 2 is 2.06 bits per heavy atom. The topological polar surface area (TPSA) is 66.8 Å². The first-order valence-electron chi connectivity index (χ1n) is 5.83. The van der Waals surface area contributed by atoms with Crippen molar-refractivity contribution in [3.05, 3.63) is 24.3 Å². The fraction of sp³-hybridized carbons (Fsp3) is 0.500. The quantitative estimate of drug-likeness (QED) is 0.875.